The lowest BCUT2D eigenvalue weighted by Gasteiger charge is -2.34. The average molecular weight is 352 g/mol. The number of nitrogens with one attached hydrogen (secondary N) is 1. The third-order valence-electron chi connectivity index (χ3n) is 4.98. The van der Waals surface area contributed by atoms with Crippen LogP contribution >= 0.6 is 0 Å². The molecule has 1 unspecified atom stereocenters. The van der Waals surface area contributed by atoms with Gasteiger partial charge < -0.3 is 15.1 Å². The van der Waals surface area contributed by atoms with E-state index in [0.717, 1.165) is 37.4 Å². The number of amides is 1. The van der Waals surface area contributed by atoms with E-state index in [1.165, 1.54) is 17.8 Å². The van der Waals surface area contributed by atoms with E-state index in [9.17, 15) is 9.18 Å². The molecular weight excluding hydrogens is 331 g/mol. The second-order valence-electron chi connectivity index (χ2n) is 6.78. The van der Waals surface area contributed by atoms with E-state index < -0.39 is 5.92 Å². The van der Waals surface area contributed by atoms with Crippen LogP contribution in [0.15, 0.2) is 47.5 Å². The second-order valence-corrected chi connectivity index (χ2v) is 6.78. The van der Waals surface area contributed by atoms with Crippen LogP contribution in [-0.2, 0) is 4.79 Å². The molecule has 0 bridgehead atoms. The molecule has 1 fully saturated rings. The number of rotatable bonds is 3. The Balaban J connectivity index is 1.47. The van der Waals surface area contributed by atoms with Gasteiger partial charge in [-0.1, -0.05) is 6.07 Å². The van der Waals surface area contributed by atoms with E-state index in [4.69, 9.17) is 0 Å². The van der Waals surface area contributed by atoms with Crippen molar-refractivity contribution in [3.8, 4) is 0 Å². The molecule has 134 valence electrons. The van der Waals surface area contributed by atoms with Gasteiger partial charge in [-0.15, -0.1) is 0 Å². The van der Waals surface area contributed by atoms with Gasteiger partial charge >= 0.3 is 0 Å². The molecule has 0 radical (unpaired) electrons. The summed E-state index contributed by atoms with van der Waals surface area (Å²) in [6.45, 7) is 4.18. The van der Waals surface area contributed by atoms with Gasteiger partial charge in [-0.25, -0.2) is 4.39 Å². The number of halogens is 1. The van der Waals surface area contributed by atoms with Gasteiger partial charge in [0.25, 0.3) is 0 Å². The number of carbonyl (C=O) groups is 1. The third kappa shape index (κ3) is 3.32. The number of anilines is 2. The summed E-state index contributed by atoms with van der Waals surface area (Å²) in [6.07, 6.45) is 1.63. The zero-order chi connectivity index (χ0) is 18.1. The maximum Gasteiger partial charge on any atom is 0.237 e. The maximum atomic E-state index is 13.3. The van der Waals surface area contributed by atoms with E-state index in [0.29, 0.717) is 5.69 Å². The highest BCUT2D eigenvalue weighted by Gasteiger charge is 2.29. The lowest BCUT2D eigenvalue weighted by atomic mass is 10.0. The van der Waals surface area contributed by atoms with Gasteiger partial charge in [0.05, 0.1) is 5.69 Å². The number of piperazine rings is 1. The van der Waals surface area contributed by atoms with Crippen LogP contribution in [0, 0.1) is 5.82 Å². The monoisotopic (exact) mass is 352 g/mol. The van der Waals surface area contributed by atoms with Crippen molar-refractivity contribution in [2.75, 3.05) is 43.4 Å². The van der Waals surface area contributed by atoms with Crippen molar-refractivity contribution in [3.05, 3.63) is 53.8 Å². The van der Waals surface area contributed by atoms with Gasteiger partial charge in [0, 0.05) is 43.8 Å². The fourth-order valence-corrected chi connectivity index (χ4v) is 3.38. The van der Waals surface area contributed by atoms with Crippen molar-refractivity contribution in [2.45, 2.75) is 5.92 Å². The standard InChI is InChI=1S/C20H21FN4O/c1-24-8-10-25(11-9-24)16-5-3-15(4-6-16)22-13-18-17-7-2-14(21)12-19(17)23-20(18)26/h2-7,12-13,18H,8-11H2,1H3,(H,23,26). The summed E-state index contributed by atoms with van der Waals surface area (Å²) in [7, 11) is 2.14. The quantitative estimate of drug-likeness (QED) is 0.864. The van der Waals surface area contributed by atoms with Crippen LogP contribution in [0.5, 0.6) is 0 Å². The molecular formula is C20H21FN4O. The van der Waals surface area contributed by atoms with Crippen LogP contribution < -0.4 is 10.2 Å². The Morgan fingerprint density at radius 2 is 1.85 bits per heavy atom. The number of aliphatic imine (C=N–C) groups is 1. The molecule has 4 rings (SSSR count). The van der Waals surface area contributed by atoms with E-state index in [1.807, 2.05) is 12.1 Å². The number of hydrogen-bond donors (Lipinski definition) is 1. The van der Waals surface area contributed by atoms with Crippen molar-refractivity contribution in [1.29, 1.82) is 0 Å². The van der Waals surface area contributed by atoms with Crippen molar-refractivity contribution < 1.29 is 9.18 Å². The smallest absolute Gasteiger partial charge is 0.237 e. The molecule has 1 amide bonds. The molecule has 0 saturated carbocycles. The summed E-state index contributed by atoms with van der Waals surface area (Å²) >= 11 is 0. The Kier molecular flexibility index (Phi) is 4.42. The lowest BCUT2D eigenvalue weighted by molar-refractivity contribution is -0.115. The lowest BCUT2D eigenvalue weighted by Crippen LogP contribution is -2.44. The number of benzene rings is 2. The predicted molar refractivity (Wildman–Crippen MR) is 102 cm³/mol. The number of nitrogens with zero attached hydrogens (tertiary/aromatic N) is 3. The molecule has 0 aliphatic carbocycles. The first-order valence-electron chi connectivity index (χ1n) is 8.78. The first kappa shape index (κ1) is 16.7. The molecule has 1 saturated heterocycles. The largest absolute Gasteiger partial charge is 0.369 e. The van der Waals surface area contributed by atoms with Gasteiger partial charge in [-0.3, -0.25) is 9.79 Å². The van der Waals surface area contributed by atoms with Gasteiger partial charge in [-0.05, 0) is 49.0 Å². The minimum Gasteiger partial charge on any atom is -0.369 e. The molecule has 0 aromatic heterocycles. The SMILES string of the molecule is CN1CCN(c2ccc(N=CC3C(=O)Nc4cc(F)ccc43)cc2)CC1. The summed E-state index contributed by atoms with van der Waals surface area (Å²) < 4.78 is 13.3. The zero-order valence-electron chi connectivity index (χ0n) is 14.7. The molecule has 5 nitrogen and oxygen atoms in total. The predicted octanol–water partition coefficient (Wildman–Crippen LogP) is 3.02. The number of carbonyl (C=O) groups excluding carboxylic acids is 1. The van der Waals surface area contributed by atoms with Gasteiger partial charge in [0.1, 0.15) is 11.7 Å². The van der Waals surface area contributed by atoms with Crippen LogP contribution in [0.2, 0.25) is 0 Å². The van der Waals surface area contributed by atoms with E-state index in [1.54, 1.807) is 12.3 Å². The number of fused-ring (bicyclic) bond motifs is 1. The van der Waals surface area contributed by atoms with Crippen LogP contribution in [0.1, 0.15) is 11.5 Å². The Morgan fingerprint density at radius 3 is 2.58 bits per heavy atom. The molecule has 1 N–H and O–H groups in total. The zero-order valence-corrected chi connectivity index (χ0v) is 14.7. The highest BCUT2D eigenvalue weighted by atomic mass is 19.1. The van der Waals surface area contributed by atoms with Crippen molar-refractivity contribution >= 4 is 29.2 Å². The van der Waals surface area contributed by atoms with Crippen molar-refractivity contribution in [2.24, 2.45) is 4.99 Å². The molecule has 2 heterocycles. The molecule has 2 aliphatic heterocycles. The maximum absolute atomic E-state index is 13.3. The normalized spacial score (nSPS) is 20.5. The molecule has 26 heavy (non-hydrogen) atoms. The minimum absolute atomic E-state index is 0.177. The Labute approximate surface area is 152 Å². The molecule has 2 aromatic rings. The summed E-state index contributed by atoms with van der Waals surface area (Å²) in [4.78, 5) is 21.3. The highest BCUT2D eigenvalue weighted by molar-refractivity contribution is 6.12. The van der Waals surface area contributed by atoms with Crippen LogP contribution in [0.25, 0.3) is 0 Å². The molecule has 6 heteroatoms. The Bertz CT molecular complexity index is 841. The Hall–Kier alpha value is -2.73. The molecule has 0 spiro atoms. The van der Waals surface area contributed by atoms with E-state index >= 15 is 0 Å². The minimum atomic E-state index is -0.483. The number of likely N-dealkylation sites (N-methyl/N-ethyl adjacent to an activating group) is 1. The Morgan fingerprint density at radius 1 is 1.12 bits per heavy atom. The second kappa shape index (κ2) is 6.88. The van der Waals surface area contributed by atoms with Crippen molar-refractivity contribution in [3.63, 3.8) is 0 Å². The first-order chi connectivity index (χ1) is 12.6. The van der Waals surface area contributed by atoms with Gasteiger partial charge in [-0.2, -0.15) is 0 Å². The van der Waals surface area contributed by atoms with Crippen LogP contribution in [-0.4, -0.2) is 50.2 Å². The molecule has 1 atom stereocenters. The first-order valence-corrected chi connectivity index (χ1v) is 8.78. The average Bonchev–Trinajstić information content (AvgIpc) is 2.95. The summed E-state index contributed by atoms with van der Waals surface area (Å²) in [5.74, 6) is -1.02. The fourth-order valence-electron chi connectivity index (χ4n) is 3.38. The number of hydrogen-bond acceptors (Lipinski definition) is 4. The van der Waals surface area contributed by atoms with Crippen LogP contribution in [0.3, 0.4) is 0 Å². The van der Waals surface area contributed by atoms with E-state index in [-0.39, 0.29) is 11.7 Å². The summed E-state index contributed by atoms with van der Waals surface area (Å²) in [5, 5.41) is 2.70. The fraction of sp³-hybridized carbons (Fsp3) is 0.300. The van der Waals surface area contributed by atoms with Crippen molar-refractivity contribution in [1.82, 2.24) is 4.90 Å². The summed E-state index contributed by atoms with van der Waals surface area (Å²) in [6, 6.07) is 12.4. The topological polar surface area (TPSA) is 47.9 Å². The molecule has 2 aromatic carbocycles. The van der Waals surface area contributed by atoms with Crippen LogP contribution in [0.4, 0.5) is 21.5 Å². The third-order valence-corrected chi connectivity index (χ3v) is 4.98. The molecule has 2 aliphatic rings. The highest BCUT2D eigenvalue weighted by Crippen LogP contribution is 2.32. The summed E-state index contributed by atoms with van der Waals surface area (Å²) in [5.41, 5.74) is 3.27. The van der Waals surface area contributed by atoms with Gasteiger partial charge in [0.2, 0.25) is 5.91 Å². The van der Waals surface area contributed by atoms with E-state index in [2.05, 4.69) is 39.3 Å². The van der Waals surface area contributed by atoms with Gasteiger partial charge in [0.15, 0.2) is 0 Å².